The molecule has 0 radical (unpaired) electrons. The van der Waals surface area contributed by atoms with E-state index in [1.54, 1.807) is 0 Å². The Morgan fingerprint density at radius 3 is 2.75 bits per heavy atom. The van der Waals surface area contributed by atoms with E-state index in [1.807, 2.05) is 18.2 Å². The smallest absolute Gasteiger partial charge is 0.230 e. The van der Waals surface area contributed by atoms with Crippen molar-refractivity contribution in [3.05, 3.63) is 35.9 Å². The normalized spacial score (nSPS) is 24.5. The maximum Gasteiger partial charge on any atom is 0.230 e. The summed E-state index contributed by atoms with van der Waals surface area (Å²) in [5, 5.41) is 3.22. The first-order valence-electron chi connectivity index (χ1n) is 9.35. The van der Waals surface area contributed by atoms with Crippen LogP contribution in [0.4, 0.5) is 0 Å². The van der Waals surface area contributed by atoms with Crippen molar-refractivity contribution in [2.75, 3.05) is 39.4 Å². The van der Waals surface area contributed by atoms with Crippen LogP contribution in [0.25, 0.3) is 0 Å². The van der Waals surface area contributed by atoms with Crippen molar-refractivity contribution >= 4 is 5.91 Å². The topological polar surface area (TPSA) is 41.6 Å². The second kappa shape index (κ2) is 8.13. The molecule has 1 atom stereocenters. The van der Waals surface area contributed by atoms with Crippen LogP contribution in [0.5, 0.6) is 0 Å². The molecule has 0 unspecified atom stereocenters. The summed E-state index contributed by atoms with van der Waals surface area (Å²) in [4.78, 5) is 15.5. The zero-order valence-electron chi connectivity index (χ0n) is 14.8. The summed E-state index contributed by atoms with van der Waals surface area (Å²) in [6, 6.07) is 10.2. The minimum atomic E-state index is -0.422. The van der Waals surface area contributed by atoms with Crippen molar-refractivity contribution in [2.24, 2.45) is 5.92 Å². The number of piperidine rings is 1. The van der Waals surface area contributed by atoms with Crippen molar-refractivity contribution in [1.82, 2.24) is 10.2 Å². The third-order valence-corrected chi connectivity index (χ3v) is 5.56. The Morgan fingerprint density at radius 1 is 1.29 bits per heavy atom. The molecule has 2 saturated heterocycles. The van der Waals surface area contributed by atoms with Crippen LogP contribution in [0, 0.1) is 5.92 Å². The summed E-state index contributed by atoms with van der Waals surface area (Å²) in [5.41, 5.74) is 0.701. The lowest BCUT2D eigenvalue weighted by atomic mass is 9.73. The van der Waals surface area contributed by atoms with Gasteiger partial charge in [0.05, 0.1) is 5.41 Å². The molecule has 0 bridgehead atoms. The number of nitrogens with zero attached hydrogens (tertiary/aromatic N) is 1. The zero-order valence-corrected chi connectivity index (χ0v) is 14.8. The van der Waals surface area contributed by atoms with Gasteiger partial charge in [0.1, 0.15) is 0 Å². The molecule has 24 heavy (non-hydrogen) atoms. The van der Waals surface area contributed by atoms with Gasteiger partial charge in [0.15, 0.2) is 0 Å². The zero-order chi connectivity index (χ0) is 16.8. The Kier molecular flexibility index (Phi) is 5.90. The molecule has 1 aromatic rings. The Balaban J connectivity index is 1.60. The third-order valence-electron chi connectivity index (χ3n) is 5.56. The maximum absolute atomic E-state index is 13.0. The van der Waals surface area contributed by atoms with E-state index in [4.69, 9.17) is 4.74 Å². The molecule has 4 nitrogen and oxygen atoms in total. The number of hydrogen-bond acceptors (Lipinski definition) is 3. The lowest BCUT2D eigenvalue weighted by Gasteiger charge is -2.37. The maximum atomic E-state index is 13.0. The van der Waals surface area contributed by atoms with E-state index in [1.165, 1.54) is 12.8 Å². The number of rotatable bonds is 5. The van der Waals surface area contributed by atoms with E-state index in [9.17, 15) is 4.79 Å². The van der Waals surface area contributed by atoms with Crippen molar-refractivity contribution < 1.29 is 9.53 Å². The average molecular weight is 330 g/mol. The monoisotopic (exact) mass is 330 g/mol. The lowest BCUT2D eigenvalue weighted by molar-refractivity contribution is -0.130. The summed E-state index contributed by atoms with van der Waals surface area (Å²) in [6.07, 6.45) is 4.15. The largest absolute Gasteiger partial charge is 0.381 e. The summed E-state index contributed by atoms with van der Waals surface area (Å²) in [5.74, 6) is 0.947. The van der Waals surface area contributed by atoms with Crippen LogP contribution in [0.15, 0.2) is 30.3 Å². The molecular weight excluding hydrogens is 300 g/mol. The molecule has 4 heteroatoms. The number of carbonyl (C=O) groups excluding carboxylic acids is 1. The van der Waals surface area contributed by atoms with E-state index >= 15 is 0 Å². The minimum absolute atomic E-state index is 0.169. The first-order chi connectivity index (χ1) is 11.7. The Bertz CT molecular complexity index is 526. The molecule has 1 aromatic carbocycles. The summed E-state index contributed by atoms with van der Waals surface area (Å²) in [6.45, 7) is 7.65. The van der Waals surface area contributed by atoms with E-state index in [0.717, 1.165) is 50.5 Å². The van der Waals surface area contributed by atoms with Crippen LogP contribution in [0.3, 0.4) is 0 Å². The van der Waals surface area contributed by atoms with Gasteiger partial charge in [-0.3, -0.25) is 4.79 Å². The highest BCUT2D eigenvalue weighted by atomic mass is 16.5. The fraction of sp³-hybridized carbons (Fsp3) is 0.650. The lowest BCUT2D eigenvalue weighted by Crippen LogP contribution is -2.50. The fourth-order valence-corrected chi connectivity index (χ4v) is 4.11. The first kappa shape index (κ1) is 17.4. The van der Waals surface area contributed by atoms with Gasteiger partial charge in [-0.1, -0.05) is 37.3 Å². The van der Waals surface area contributed by atoms with Gasteiger partial charge in [0, 0.05) is 32.8 Å². The molecule has 132 valence electrons. The van der Waals surface area contributed by atoms with Gasteiger partial charge in [0.25, 0.3) is 0 Å². The van der Waals surface area contributed by atoms with Crippen LogP contribution in [-0.2, 0) is 14.9 Å². The molecule has 2 aliphatic rings. The summed E-state index contributed by atoms with van der Waals surface area (Å²) >= 11 is 0. The molecular formula is C20H30N2O2. The SMILES string of the molecule is C[C@H]1CCCN(CCNC(=O)C2(c3ccccc3)CCOCC2)C1. The van der Waals surface area contributed by atoms with Crippen LogP contribution >= 0.6 is 0 Å². The molecule has 2 aliphatic heterocycles. The van der Waals surface area contributed by atoms with Crippen molar-refractivity contribution in [1.29, 1.82) is 0 Å². The van der Waals surface area contributed by atoms with Crippen molar-refractivity contribution in [3.63, 3.8) is 0 Å². The van der Waals surface area contributed by atoms with Crippen LogP contribution in [0.2, 0.25) is 0 Å². The minimum Gasteiger partial charge on any atom is -0.381 e. The molecule has 2 fully saturated rings. The molecule has 3 rings (SSSR count). The summed E-state index contributed by atoms with van der Waals surface area (Å²) in [7, 11) is 0. The molecule has 0 spiro atoms. The second-order valence-corrected chi connectivity index (χ2v) is 7.36. The average Bonchev–Trinajstić information content (AvgIpc) is 2.63. The Hall–Kier alpha value is -1.39. The predicted octanol–water partition coefficient (Wildman–Crippen LogP) is 2.58. The number of ether oxygens (including phenoxy) is 1. The van der Waals surface area contributed by atoms with E-state index in [2.05, 4.69) is 29.3 Å². The highest BCUT2D eigenvalue weighted by Gasteiger charge is 2.41. The van der Waals surface area contributed by atoms with Gasteiger partial charge in [-0.25, -0.2) is 0 Å². The van der Waals surface area contributed by atoms with E-state index in [-0.39, 0.29) is 5.91 Å². The highest BCUT2D eigenvalue weighted by molar-refractivity contribution is 5.88. The quantitative estimate of drug-likeness (QED) is 0.902. The van der Waals surface area contributed by atoms with E-state index in [0.29, 0.717) is 13.2 Å². The highest BCUT2D eigenvalue weighted by Crippen LogP contribution is 2.35. The summed E-state index contributed by atoms with van der Waals surface area (Å²) < 4.78 is 5.52. The number of likely N-dealkylation sites (tertiary alicyclic amines) is 1. The molecule has 0 aromatic heterocycles. The second-order valence-electron chi connectivity index (χ2n) is 7.36. The van der Waals surface area contributed by atoms with Gasteiger partial charge in [-0.05, 0) is 43.7 Å². The Labute approximate surface area is 145 Å². The number of benzene rings is 1. The molecule has 0 saturated carbocycles. The molecule has 1 amide bonds. The van der Waals surface area contributed by atoms with Gasteiger partial charge in [0.2, 0.25) is 5.91 Å². The third kappa shape index (κ3) is 3.98. The van der Waals surface area contributed by atoms with Gasteiger partial charge in [-0.2, -0.15) is 0 Å². The first-order valence-corrected chi connectivity index (χ1v) is 9.35. The Morgan fingerprint density at radius 2 is 2.04 bits per heavy atom. The van der Waals surface area contributed by atoms with Crippen LogP contribution in [0.1, 0.15) is 38.2 Å². The standard InChI is InChI=1S/C20H30N2O2/c1-17-6-5-12-22(16-17)13-11-21-19(23)20(9-14-24-15-10-20)18-7-3-2-4-8-18/h2-4,7-8,17H,5-6,9-16H2,1H3,(H,21,23)/t17-/m0/s1. The molecule has 2 heterocycles. The number of amides is 1. The predicted molar refractivity (Wildman–Crippen MR) is 96.0 cm³/mol. The fourth-order valence-electron chi connectivity index (χ4n) is 4.11. The van der Waals surface area contributed by atoms with Gasteiger partial charge >= 0.3 is 0 Å². The molecule has 1 N–H and O–H groups in total. The van der Waals surface area contributed by atoms with Gasteiger partial charge < -0.3 is 15.0 Å². The van der Waals surface area contributed by atoms with Gasteiger partial charge in [-0.15, -0.1) is 0 Å². The van der Waals surface area contributed by atoms with Crippen molar-refractivity contribution in [3.8, 4) is 0 Å². The number of hydrogen-bond donors (Lipinski definition) is 1. The molecule has 0 aliphatic carbocycles. The van der Waals surface area contributed by atoms with Crippen LogP contribution in [-0.4, -0.2) is 50.2 Å². The number of carbonyl (C=O) groups is 1. The van der Waals surface area contributed by atoms with Crippen LogP contribution < -0.4 is 5.32 Å². The number of nitrogens with one attached hydrogen (secondary N) is 1. The van der Waals surface area contributed by atoms with Crippen molar-refractivity contribution in [2.45, 2.75) is 38.0 Å². The van der Waals surface area contributed by atoms with E-state index < -0.39 is 5.41 Å².